The summed E-state index contributed by atoms with van der Waals surface area (Å²) in [6.07, 6.45) is 0. The highest BCUT2D eigenvalue weighted by molar-refractivity contribution is 7.22. The molecule has 0 aliphatic carbocycles. The molecule has 0 amide bonds. The lowest BCUT2D eigenvalue weighted by atomic mass is 10.1. The Balaban J connectivity index is 1.27. The average Bonchev–Trinajstić information content (AvgIpc) is 3.54. The second kappa shape index (κ2) is 12.2. The van der Waals surface area contributed by atoms with Crippen molar-refractivity contribution < 1.29 is 23.7 Å². The summed E-state index contributed by atoms with van der Waals surface area (Å²) in [5.41, 5.74) is 3.96. The van der Waals surface area contributed by atoms with Gasteiger partial charge in [-0.05, 0) is 42.5 Å². The van der Waals surface area contributed by atoms with Crippen LogP contribution >= 0.6 is 22.7 Å². The third-order valence-corrected chi connectivity index (χ3v) is 7.56. The van der Waals surface area contributed by atoms with E-state index in [4.69, 9.17) is 28.9 Å². The third-order valence-electron chi connectivity index (χ3n) is 5.39. The van der Waals surface area contributed by atoms with E-state index in [2.05, 4.69) is 18.2 Å². The van der Waals surface area contributed by atoms with Crippen molar-refractivity contribution >= 4 is 49.1 Å². The standard InChI is InChI=1S/C28H26N2O5S2/c1-19(31)34-14-12-32-10-11-33-13-15-35-22-17-20(27-29-23-6-2-4-8-25(23)36-27)16-21(18-22)28-30-24-7-3-5-9-26(24)37-28/h2-9,16-18H,10-15H2,1H3. The van der Waals surface area contributed by atoms with E-state index in [0.29, 0.717) is 33.0 Å². The van der Waals surface area contributed by atoms with Crippen LogP contribution in [0, 0.1) is 0 Å². The molecule has 190 valence electrons. The van der Waals surface area contributed by atoms with Gasteiger partial charge < -0.3 is 18.9 Å². The van der Waals surface area contributed by atoms with Gasteiger partial charge in [0, 0.05) is 18.1 Å². The van der Waals surface area contributed by atoms with Gasteiger partial charge in [0.05, 0.1) is 46.9 Å². The molecule has 9 heteroatoms. The summed E-state index contributed by atoms with van der Waals surface area (Å²) in [6, 6.07) is 22.5. The Labute approximate surface area is 222 Å². The molecule has 0 spiro atoms. The first-order chi connectivity index (χ1) is 18.2. The van der Waals surface area contributed by atoms with E-state index >= 15 is 0 Å². The van der Waals surface area contributed by atoms with Crippen LogP contribution in [0.15, 0.2) is 66.7 Å². The first-order valence-corrected chi connectivity index (χ1v) is 13.6. The first-order valence-electron chi connectivity index (χ1n) is 11.9. The molecular formula is C28H26N2O5S2. The van der Waals surface area contributed by atoms with Gasteiger partial charge >= 0.3 is 5.97 Å². The molecule has 0 atom stereocenters. The van der Waals surface area contributed by atoms with E-state index in [1.807, 2.05) is 48.5 Å². The van der Waals surface area contributed by atoms with Crippen molar-refractivity contribution in [1.29, 1.82) is 0 Å². The lowest BCUT2D eigenvalue weighted by Gasteiger charge is -2.10. The van der Waals surface area contributed by atoms with Gasteiger partial charge in [0.1, 0.15) is 29.0 Å². The number of carbonyl (C=O) groups is 1. The lowest BCUT2D eigenvalue weighted by Crippen LogP contribution is -2.13. The quantitative estimate of drug-likeness (QED) is 0.139. The molecule has 5 aromatic rings. The Kier molecular flexibility index (Phi) is 8.37. The normalized spacial score (nSPS) is 11.3. The number of rotatable bonds is 12. The van der Waals surface area contributed by atoms with E-state index in [0.717, 1.165) is 47.3 Å². The van der Waals surface area contributed by atoms with Crippen LogP contribution in [0.4, 0.5) is 0 Å². The number of ether oxygens (including phenoxy) is 4. The van der Waals surface area contributed by atoms with Crippen molar-refractivity contribution in [2.45, 2.75) is 6.92 Å². The molecular weight excluding hydrogens is 508 g/mol. The summed E-state index contributed by atoms with van der Waals surface area (Å²) in [6.45, 7) is 3.67. The van der Waals surface area contributed by atoms with Gasteiger partial charge in [0.2, 0.25) is 0 Å². The highest BCUT2D eigenvalue weighted by Gasteiger charge is 2.13. The molecule has 0 saturated heterocycles. The van der Waals surface area contributed by atoms with Gasteiger partial charge in [-0.2, -0.15) is 0 Å². The molecule has 37 heavy (non-hydrogen) atoms. The Morgan fingerprint density at radius 2 is 1.22 bits per heavy atom. The van der Waals surface area contributed by atoms with Crippen LogP contribution in [0.2, 0.25) is 0 Å². The molecule has 7 nitrogen and oxygen atoms in total. The van der Waals surface area contributed by atoms with Gasteiger partial charge in [-0.1, -0.05) is 24.3 Å². The second-order valence-electron chi connectivity index (χ2n) is 8.13. The molecule has 0 aliphatic heterocycles. The molecule has 2 aromatic heterocycles. The average molecular weight is 535 g/mol. The van der Waals surface area contributed by atoms with Crippen LogP contribution in [0.1, 0.15) is 6.92 Å². The summed E-state index contributed by atoms with van der Waals surface area (Å²) >= 11 is 3.33. The number of aromatic nitrogens is 2. The molecule has 2 heterocycles. The van der Waals surface area contributed by atoms with Gasteiger partial charge in [-0.15, -0.1) is 22.7 Å². The SMILES string of the molecule is CC(=O)OCCOCCOCCOc1cc(-c2nc3ccccc3s2)cc(-c2nc3ccccc3s2)c1. The number of nitrogens with zero attached hydrogens (tertiary/aromatic N) is 2. The minimum Gasteiger partial charge on any atom is -0.491 e. The van der Waals surface area contributed by atoms with Crippen LogP contribution in [0.5, 0.6) is 5.75 Å². The van der Waals surface area contributed by atoms with Gasteiger partial charge in [0.25, 0.3) is 0 Å². The Morgan fingerprint density at radius 1 is 0.703 bits per heavy atom. The monoisotopic (exact) mass is 534 g/mol. The zero-order chi connectivity index (χ0) is 25.5. The summed E-state index contributed by atoms with van der Waals surface area (Å²) in [5.74, 6) is 0.433. The van der Waals surface area contributed by atoms with Crippen LogP contribution < -0.4 is 4.74 Å². The Morgan fingerprint density at radius 3 is 1.76 bits per heavy atom. The van der Waals surface area contributed by atoms with Crippen molar-refractivity contribution in [1.82, 2.24) is 9.97 Å². The minimum atomic E-state index is -0.310. The number of carbonyl (C=O) groups excluding carboxylic acids is 1. The zero-order valence-electron chi connectivity index (χ0n) is 20.3. The number of hydrogen-bond acceptors (Lipinski definition) is 9. The van der Waals surface area contributed by atoms with E-state index in [1.165, 1.54) is 6.92 Å². The smallest absolute Gasteiger partial charge is 0.302 e. The fraction of sp³-hybridized carbons (Fsp3) is 0.250. The highest BCUT2D eigenvalue weighted by atomic mass is 32.1. The van der Waals surface area contributed by atoms with E-state index in [-0.39, 0.29) is 12.6 Å². The number of esters is 1. The first kappa shape index (κ1) is 25.3. The van der Waals surface area contributed by atoms with Crippen molar-refractivity contribution in [3.05, 3.63) is 66.7 Å². The van der Waals surface area contributed by atoms with Gasteiger partial charge in [-0.25, -0.2) is 9.97 Å². The Hall–Kier alpha value is -3.37. The molecule has 0 unspecified atom stereocenters. The highest BCUT2D eigenvalue weighted by Crippen LogP contribution is 2.37. The predicted octanol–water partition coefficient (Wildman–Crippen LogP) is 6.22. The molecule has 5 rings (SSSR count). The zero-order valence-corrected chi connectivity index (χ0v) is 22.0. The molecule has 0 radical (unpaired) electrons. The molecule has 0 aliphatic rings. The predicted molar refractivity (Wildman–Crippen MR) is 147 cm³/mol. The van der Waals surface area contributed by atoms with Gasteiger partial charge in [-0.3, -0.25) is 4.79 Å². The Bertz CT molecular complexity index is 1340. The maximum absolute atomic E-state index is 10.7. The largest absolute Gasteiger partial charge is 0.491 e. The summed E-state index contributed by atoms with van der Waals surface area (Å²) in [4.78, 5) is 20.4. The second-order valence-corrected chi connectivity index (χ2v) is 10.2. The number of fused-ring (bicyclic) bond motifs is 2. The fourth-order valence-electron chi connectivity index (χ4n) is 3.71. The van der Waals surface area contributed by atoms with E-state index < -0.39 is 0 Å². The summed E-state index contributed by atoms with van der Waals surface area (Å²) < 4.78 is 24.2. The molecule has 0 bridgehead atoms. The summed E-state index contributed by atoms with van der Waals surface area (Å²) in [7, 11) is 0. The van der Waals surface area contributed by atoms with Gasteiger partial charge in [0.15, 0.2) is 0 Å². The van der Waals surface area contributed by atoms with E-state index in [1.54, 1.807) is 22.7 Å². The van der Waals surface area contributed by atoms with Crippen molar-refractivity contribution in [3.63, 3.8) is 0 Å². The number of benzene rings is 3. The van der Waals surface area contributed by atoms with E-state index in [9.17, 15) is 4.79 Å². The maximum Gasteiger partial charge on any atom is 0.302 e. The minimum absolute atomic E-state index is 0.250. The van der Waals surface area contributed by atoms with Crippen molar-refractivity contribution in [3.8, 4) is 26.9 Å². The number of thiazole rings is 2. The van der Waals surface area contributed by atoms with Crippen molar-refractivity contribution in [2.24, 2.45) is 0 Å². The van der Waals surface area contributed by atoms with Crippen LogP contribution in [-0.2, 0) is 19.0 Å². The molecule has 3 aromatic carbocycles. The number of para-hydroxylation sites is 2. The molecule has 0 saturated carbocycles. The third kappa shape index (κ3) is 6.69. The maximum atomic E-state index is 10.7. The number of hydrogen-bond donors (Lipinski definition) is 0. The fourth-order valence-corrected chi connectivity index (χ4v) is 5.61. The van der Waals surface area contributed by atoms with Crippen LogP contribution in [-0.4, -0.2) is 55.6 Å². The van der Waals surface area contributed by atoms with Crippen molar-refractivity contribution in [2.75, 3.05) is 39.6 Å². The molecule has 0 N–H and O–H groups in total. The molecule has 0 fully saturated rings. The van der Waals surface area contributed by atoms with Crippen LogP contribution in [0.3, 0.4) is 0 Å². The lowest BCUT2D eigenvalue weighted by molar-refractivity contribution is -0.142. The summed E-state index contributed by atoms with van der Waals surface area (Å²) in [5, 5.41) is 1.88. The topological polar surface area (TPSA) is 79.8 Å². The van der Waals surface area contributed by atoms with Crippen LogP contribution in [0.25, 0.3) is 41.6 Å².